The Morgan fingerprint density at radius 2 is 1.95 bits per heavy atom. The Balaban J connectivity index is 1.65. The average molecular weight is 318 g/mol. The molecule has 2 aliphatic rings. The Morgan fingerprint density at radius 1 is 1.18 bits per heavy atom. The van der Waals surface area contributed by atoms with Gasteiger partial charge in [-0.25, -0.2) is 0 Å². The van der Waals surface area contributed by atoms with Crippen LogP contribution in [-0.2, 0) is 4.79 Å². The molecule has 120 valence electrons. The molecule has 3 rings (SSSR count). The number of hydrogen-bond donors (Lipinski definition) is 1. The first-order valence-corrected chi connectivity index (χ1v) is 9.53. The van der Waals surface area contributed by atoms with Crippen LogP contribution < -0.4 is 10.6 Å². The average Bonchev–Trinajstić information content (AvgIpc) is 2.68. The molecular weight excluding hydrogens is 292 g/mol. The number of nitrogens with zero attached hydrogens (tertiary/aromatic N) is 1. The van der Waals surface area contributed by atoms with Gasteiger partial charge in [-0.15, -0.1) is 11.8 Å². The van der Waals surface area contributed by atoms with Gasteiger partial charge in [-0.3, -0.25) is 4.79 Å². The molecule has 1 saturated carbocycles. The van der Waals surface area contributed by atoms with Gasteiger partial charge in [0.1, 0.15) is 0 Å². The smallest absolute Gasteiger partial charge is 0.244 e. The number of para-hydroxylation sites is 1. The van der Waals surface area contributed by atoms with Gasteiger partial charge in [0, 0.05) is 17.2 Å². The number of amides is 1. The summed E-state index contributed by atoms with van der Waals surface area (Å²) in [5.74, 6) is 1.63. The number of fused-ring (bicyclic) bond motifs is 1. The summed E-state index contributed by atoms with van der Waals surface area (Å²) in [6.45, 7) is 0.806. The highest BCUT2D eigenvalue weighted by Crippen LogP contribution is 2.34. The first-order chi connectivity index (χ1) is 10.8. The van der Waals surface area contributed by atoms with E-state index in [0.717, 1.165) is 24.6 Å². The molecule has 0 bridgehead atoms. The molecule has 22 heavy (non-hydrogen) atoms. The summed E-state index contributed by atoms with van der Waals surface area (Å²) < 4.78 is 0. The highest BCUT2D eigenvalue weighted by Gasteiger charge is 2.28. The number of carbonyl (C=O) groups is 1. The van der Waals surface area contributed by atoms with Gasteiger partial charge in [0.2, 0.25) is 5.91 Å². The lowest BCUT2D eigenvalue weighted by molar-refractivity contribution is -0.119. The molecule has 3 nitrogen and oxygen atoms in total. The second-order valence-electron chi connectivity index (χ2n) is 6.52. The maximum absolute atomic E-state index is 12.6. The maximum atomic E-state index is 12.6. The highest BCUT2D eigenvalue weighted by atomic mass is 32.2. The fraction of sp³-hybridized carbons (Fsp3) is 0.611. The lowest BCUT2D eigenvalue weighted by atomic mass is 9.86. The van der Waals surface area contributed by atoms with Gasteiger partial charge in [0.25, 0.3) is 0 Å². The Morgan fingerprint density at radius 3 is 2.77 bits per heavy atom. The van der Waals surface area contributed by atoms with Crippen LogP contribution in [0.3, 0.4) is 0 Å². The molecule has 0 aromatic heterocycles. The van der Waals surface area contributed by atoms with Crippen molar-refractivity contribution in [1.82, 2.24) is 0 Å². The molecule has 1 aliphatic carbocycles. The van der Waals surface area contributed by atoms with Crippen molar-refractivity contribution in [2.45, 2.75) is 55.9 Å². The minimum absolute atomic E-state index is 0.0843. The van der Waals surface area contributed by atoms with Crippen LogP contribution in [0.15, 0.2) is 29.2 Å². The molecule has 1 aliphatic heterocycles. The molecule has 0 saturated heterocycles. The van der Waals surface area contributed by atoms with Gasteiger partial charge in [-0.05, 0) is 30.9 Å². The highest BCUT2D eigenvalue weighted by molar-refractivity contribution is 7.99. The van der Waals surface area contributed by atoms with Gasteiger partial charge in [0.05, 0.1) is 11.7 Å². The summed E-state index contributed by atoms with van der Waals surface area (Å²) in [5.41, 5.74) is 7.10. The fourth-order valence-electron chi connectivity index (χ4n) is 3.62. The summed E-state index contributed by atoms with van der Waals surface area (Å²) in [7, 11) is 0. The van der Waals surface area contributed by atoms with E-state index in [1.54, 1.807) is 11.8 Å². The van der Waals surface area contributed by atoms with Gasteiger partial charge >= 0.3 is 0 Å². The lowest BCUT2D eigenvalue weighted by Crippen LogP contribution is -2.44. The molecule has 1 aromatic carbocycles. The SMILES string of the molecule is N[C@@H]1CSc2ccccc2N(CCCC2CCCCC2)C1=O. The standard InChI is InChI=1S/C18H26N2OS/c19-15-13-22-17-11-5-4-10-16(17)20(18(15)21)12-6-9-14-7-2-1-3-8-14/h4-5,10-11,14-15H,1-3,6-9,12-13,19H2/t15-/m1/s1. The Bertz CT molecular complexity index is 514. The number of benzene rings is 1. The van der Waals surface area contributed by atoms with Crippen LogP contribution in [-0.4, -0.2) is 24.2 Å². The third kappa shape index (κ3) is 3.66. The van der Waals surface area contributed by atoms with Crippen molar-refractivity contribution in [2.75, 3.05) is 17.2 Å². The Hall–Kier alpha value is -1.00. The van der Waals surface area contributed by atoms with Crippen molar-refractivity contribution in [3.8, 4) is 0 Å². The van der Waals surface area contributed by atoms with Crippen molar-refractivity contribution in [3.63, 3.8) is 0 Å². The second kappa shape index (κ2) is 7.51. The molecule has 1 aromatic rings. The molecular formula is C18H26N2OS. The summed E-state index contributed by atoms with van der Waals surface area (Å²) >= 11 is 1.70. The number of anilines is 1. The second-order valence-corrected chi connectivity index (χ2v) is 7.58. The zero-order valence-electron chi connectivity index (χ0n) is 13.2. The monoisotopic (exact) mass is 318 g/mol. The van der Waals surface area contributed by atoms with Crippen molar-refractivity contribution in [1.29, 1.82) is 0 Å². The minimum atomic E-state index is -0.382. The molecule has 1 amide bonds. The quantitative estimate of drug-likeness (QED) is 0.918. The van der Waals surface area contributed by atoms with Crippen molar-refractivity contribution in [3.05, 3.63) is 24.3 Å². The van der Waals surface area contributed by atoms with E-state index < -0.39 is 0 Å². The van der Waals surface area contributed by atoms with Crippen LogP contribution in [0.5, 0.6) is 0 Å². The van der Waals surface area contributed by atoms with Crippen LogP contribution in [0.1, 0.15) is 44.9 Å². The summed E-state index contributed by atoms with van der Waals surface area (Å²) in [4.78, 5) is 15.7. The van der Waals surface area contributed by atoms with Gasteiger partial charge in [-0.1, -0.05) is 44.2 Å². The molecule has 0 spiro atoms. The third-order valence-corrected chi connectivity index (χ3v) is 6.06. The predicted octanol–water partition coefficient (Wildman–Crippen LogP) is 3.81. The van der Waals surface area contributed by atoms with Crippen LogP contribution in [0.4, 0.5) is 5.69 Å². The van der Waals surface area contributed by atoms with E-state index in [-0.39, 0.29) is 11.9 Å². The molecule has 0 radical (unpaired) electrons. The Kier molecular flexibility index (Phi) is 5.42. The normalized spacial score (nSPS) is 23.2. The number of nitrogens with two attached hydrogens (primary N) is 1. The van der Waals surface area contributed by atoms with Crippen molar-refractivity contribution < 1.29 is 4.79 Å². The van der Waals surface area contributed by atoms with Gasteiger partial charge in [0.15, 0.2) is 0 Å². The van der Waals surface area contributed by atoms with Gasteiger partial charge in [-0.2, -0.15) is 0 Å². The molecule has 1 atom stereocenters. The van der Waals surface area contributed by atoms with Crippen LogP contribution >= 0.6 is 11.8 Å². The van der Waals surface area contributed by atoms with E-state index >= 15 is 0 Å². The molecule has 0 unspecified atom stereocenters. The summed E-state index contributed by atoms with van der Waals surface area (Å²) in [6, 6.07) is 7.82. The first kappa shape index (κ1) is 15.9. The first-order valence-electron chi connectivity index (χ1n) is 8.54. The van der Waals surface area contributed by atoms with E-state index in [4.69, 9.17) is 5.73 Å². The van der Waals surface area contributed by atoms with Crippen molar-refractivity contribution in [2.24, 2.45) is 11.7 Å². The van der Waals surface area contributed by atoms with E-state index in [1.807, 2.05) is 17.0 Å². The van der Waals surface area contributed by atoms with E-state index in [9.17, 15) is 4.79 Å². The maximum Gasteiger partial charge on any atom is 0.244 e. The topological polar surface area (TPSA) is 46.3 Å². The molecule has 2 N–H and O–H groups in total. The van der Waals surface area contributed by atoms with Crippen molar-refractivity contribution >= 4 is 23.4 Å². The lowest BCUT2D eigenvalue weighted by Gasteiger charge is -2.26. The fourth-order valence-corrected chi connectivity index (χ4v) is 4.62. The van der Waals surface area contributed by atoms with Gasteiger partial charge < -0.3 is 10.6 Å². The van der Waals surface area contributed by atoms with E-state index in [1.165, 1.54) is 43.4 Å². The number of thioether (sulfide) groups is 1. The summed E-state index contributed by atoms with van der Waals surface area (Å²) in [6.07, 6.45) is 9.26. The Labute approximate surface area is 137 Å². The zero-order valence-corrected chi connectivity index (χ0v) is 14.0. The van der Waals surface area contributed by atoms with Crippen LogP contribution in [0.2, 0.25) is 0 Å². The van der Waals surface area contributed by atoms with E-state index in [2.05, 4.69) is 12.1 Å². The minimum Gasteiger partial charge on any atom is -0.319 e. The number of carbonyl (C=O) groups excluding carboxylic acids is 1. The molecule has 1 fully saturated rings. The zero-order chi connectivity index (χ0) is 15.4. The number of hydrogen-bond acceptors (Lipinski definition) is 3. The third-order valence-electron chi connectivity index (χ3n) is 4.88. The molecule has 4 heteroatoms. The number of rotatable bonds is 4. The van der Waals surface area contributed by atoms with E-state index in [0.29, 0.717) is 5.75 Å². The summed E-state index contributed by atoms with van der Waals surface area (Å²) in [5, 5.41) is 0. The van der Waals surface area contributed by atoms with Crippen LogP contribution in [0.25, 0.3) is 0 Å². The van der Waals surface area contributed by atoms with Crippen LogP contribution in [0, 0.1) is 5.92 Å². The predicted molar refractivity (Wildman–Crippen MR) is 93.3 cm³/mol. The molecule has 1 heterocycles. The largest absolute Gasteiger partial charge is 0.319 e.